The molecule has 1 nitrogen and oxygen atoms in total. The van der Waals surface area contributed by atoms with Crippen LogP contribution in [0.4, 0.5) is 0 Å². The third kappa shape index (κ3) is 3.76. The highest BCUT2D eigenvalue weighted by molar-refractivity contribution is 14.1. The molecule has 1 saturated carbocycles. The van der Waals surface area contributed by atoms with Crippen molar-refractivity contribution in [1.29, 1.82) is 0 Å². The highest BCUT2D eigenvalue weighted by atomic mass is 127. The largest absolute Gasteiger partial charge is 0.312 e. The van der Waals surface area contributed by atoms with E-state index in [1.54, 1.807) is 0 Å². The Balaban J connectivity index is 1.71. The van der Waals surface area contributed by atoms with Crippen molar-refractivity contribution in [1.82, 2.24) is 5.32 Å². The second-order valence-electron chi connectivity index (χ2n) is 4.41. The van der Waals surface area contributed by atoms with Crippen LogP contribution >= 0.6 is 22.6 Å². The van der Waals surface area contributed by atoms with Crippen LogP contribution in [0.2, 0.25) is 0 Å². The van der Waals surface area contributed by atoms with Gasteiger partial charge in [-0.3, -0.25) is 0 Å². The lowest BCUT2D eigenvalue weighted by molar-refractivity contribution is 0.489. The van der Waals surface area contributed by atoms with Crippen molar-refractivity contribution in [3.63, 3.8) is 0 Å². The van der Waals surface area contributed by atoms with Gasteiger partial charge in [0.25, 0.3) is 0 Å². The minimum atomic E-state index is 0.939. The van der Waals surface area contributed by atoms with Crippen molar-refractivity contribution in [3.8, 4) is 0 Å². The molecule has 1 aliphatic carbocycles. The van der Waals surface area contributed by atoms with E-state index < -0.39 is 0 Å². The normalized spacial score (nSPS) is 17.1. The van der Waals surface area contributed by atoms with Gasteiger partial charge in [0, 0.05) is 10.1 Å². The molecule has 0 amide bonds. The molecule has 0 heterocycles. The average molecular weight is 315 g/mol. The van der Waals surface area contributed by atoms with Crippen LogP contribution in [0.1, 0.15) is 31.2 Å². The number of hydrogen-bond acceptors (Lipinski definition) is 1. The summed E-state index contributed by atoms with van der Waals surface area (Å²) in [5, 5.41) is 3.56. The average Bonchev–Trinajstić information content (AvgIpc) is 2.74. The molecule has 2 rings (SSSR count). The standard InChI is InChI=1S/C13H18IN/c14-13-7-5-12(6-8-13)10-15-9-11-3-1-2-4-11/h5-8,11,15H,1-4,9-10H2. The highest BCUT2D eigenvalue weighted by Gasteiger charge is 2.13. The van der Waals surface area contributed by atoms with Gasteiger partial charge in [-0.05, 0) is 65.6 Å². The Morgan fingerprint density at radius 2 is 1.80 bits per heavy atom. The molecule has 1 aliphatic rings. The monoisotopic (exact) mass is 315 g/mol. The lowest BCUT2D eigenvalue weighted by Gasteiger charge is -2.10. The first-order valence-electron chi connectivity index (χ1n) is 5.80. The molecule has 0 unspecified atom stereocenters. The Bertz CT molecular complexity index is 288. The first-order valence-corrected chi connectivity index (χ1v) is 6.87. The number of halogens is 1. The van der Waals surface area contributed by atoms with Gasteiger partial charge in [-0.25, -0.2) is 0 Å². The van der Waals surface area contributed by atoms with Gasteiger partial charge in [0.1, 0.15) is 0 Å². The topological polar surface area (TPSA) is 12.0 Å². The van der Waals surface area contributed by atoms with Crippen LogP contribution in [-0.4, -0.2) is 6.54 Å². The summed E-state index contributed by atoms with van der Waals surface area (Å²) >= 11 is 2.34. The maximum Gasteiger partial charge on any atom is 0.0205 e. The van der Waals surface area contributed by atoms with Gasteiger partial charge in [0.15, 0.2) is 0 Å². The zero-order valence-corrected chi connectivity index (χ0v) is 11.2. The zero-order valence-electron chi connectivity index (χ0n) is 9.01. The molecule has 0 radical (unpaired) electrons. The minimum absolute atomic E-state index is 0.939. The van der Waals surface area contributed by atoms with E-state index in [2.05, 4.69) is 52.2 Å². The molecule has 1 fully saturated rings. The predicted molar refractivity (Wildman–Crippen MR) is 72.8 cm³/mol. The van der Waals surface area contributed by atoms with E-state index in [0.29, 0.717) is 0 Å². The SMILES string of the molecule is Ic1ccc(CNCC2CCCC2)cc1. The lowest BCUT2D eigenvalue weighted by Crippen LogP contribution is -2.20. The molecule has 1 aromatic rings. The van der Waals surface area contributed by atoms with E-state index >= 15 is 0 Å². The van der Waals surface area contributed by atoms with Crippen LogP contribution in [0, 0.1) is 9.49 Å². The molecule has 15 heavy (non-hydrogen) atoms. The molecule has 1 aromatic carbocycles. The van der Waals surface area contributed by atoms with Crippen LogP contribution in [0.15, 0.2) is 24.3 Å². The number of rotatable bonds is 4. The van der Waals surface area contributed by atoms with Crippen molar-refractivity contribution in [2.75, 3.05) is 6.54 Å². The molecular weight excluding hydrogens is 297 g/mol. The van der Waals surface area contributed by atoms with E-state index in [9.17, 15) is 0 Å². The van der Waals surface area contributed by atoms with Gasteiger partial charge < -0.3 is 5.32 Å². The predicted octanol–water partition coefficient (Wildman–Crippen LogP) is 3.57. The smallest absolute Gasteiger partial charge is 0.0205 e. The Morgan fingerprint density at radius 3 is 2.47 bits per heavy atom. The summed E-state index contributed by atoms with van der Waals surface area (Å²) in [7, 11) is 0. The summed E-state index contributed by atoms with van der Waals surface area (Å²) in [6.07, 6.45) is 5.74. The molecule has 0 aromatic heterocycles. The van der Waals surface area contributed by atoms with Gasteiger partial charge in [0.2, 0.25) is 0 Å². The fourth-order valence-electron chi connectivity index (χ4n) is 2.24. The summed E-state index contributed by atoms with van der Waals surface area (Å²) in [5.74, 6) is 0.939. The second kappa shape index (κ2) is 5.85. The Hall–Kier alpha value is -0.0900. The van der Waals surface area contributed by atoms with Crippen LogP contribution in [0.25, 0.3) is 0 Å². The fourth-order valence-corrected chi connectivity index (χ4v) is 2.60. The Labute approximate surface area is 106 Å². The third-order valence-corrected chi connectivity index (χ3v) is 3.87. The van der Waals surface area contributed by atoms with Gasteiger partial charge in [-0.15, -0.1) is 0 Å². The third-order valence-electron chi connectivity index (χ3n) is 3.15. The minimum Gasteiger partial charge on any atom is -0.312 e. The van der Waals surface area contributed by atoms with Gasteiger partial charge in [0.05, 0.1) is 0 Å². The van der Waals surface area contributed by atoms with Crippen LogP contribution in [0.5, 0.6) is 0 Å². The lowest BCUT2D eigenvalue weighted by atomic mass is 10.1. The number of nitrogens with one attached hydrogen (secondary N) is 1. The van der Waals surface area contributed by atoms with Crippen molar-refractivity contribution >= 4 is 22.6 Å². The number of benzene rings is 1. The van der Waals surface area contributed by atoms with Gasteiger partial charge >= 0.3 is 0 Å². The molecule has 0 bridgehead atoms. The maximum atomic E-state index is 3.56. The molecule has 82 valence electrons. The van der Waals surface area contributed by atoms with E-state index in [1.807, 2.05) is 0 Å². The highest BCUT2D eigenvalue weighted by Crippen LogP contribution is 2.23. The van der Waals surface area contributed by atoms with E-state index in [0.717, 1.165) is 12.5 Å². The molecular formula is C13H18IN. The quantitative estimate of drug-likeness (QED) is 0.838. The number of hydrogen-bond donors (Lipinski definition) is 1. The fraction of sp³-hybridized carbons (Fsp3) is 0.538. The Morgan fingerprint density at radius 1 is 1.13 bits per heavy atom. The van der Waals surface area contributed by atoms with Gasteiger partial charge in [-0.1, -0.05) is 25.0 Å². The molecule has 0 saturated heterocycles. The molecule has 2 heteroatoms. The van der Waals surface area contributed by atoms with Gasteiger partial charge in [-0.2, -0.15) is 0 Å². The van der Waals surface area contributed by atoms with Crippen LogP contribution in [0.3, 0.4) is 0 Å². The van der Waals surface area contributed by atoms with Crippen LogP contribution < -0.4 is 5.32 Å². The van der Waals surface area contributed by atoms with E-state index in [4.69, 9.17) is 0 Å². The summed E-state index contributed by atoms with van der Waals surface area (Å²) < 4.78 is 1.31. The first-order chi connectivity index (χ1) is 7.34. The molecule has 0 spiro atoms. The van der Waals surface area contributed by atoms with Crippen molar-refractivity contribution < 1.29 is 0 Å². The van der Waals surface area contributed by atoms with Crippen molar-refractivity contribution in [2.45, 2.75) is 32.2 Å². The summed E-state index contributed by atoms with van der Waals surface area (Å²) in [6.45, 7) is 2.22. The Kier molecular flexibility index (Phi) is 4.44. The first kappa shape index (κ1) is 11.4. The summed E-state index contributed by atoms with van der Waals surface area (Å²) in [4.78, 5) is 0. The molecule has 0 atom stereocenters. The van der Waals surface area contributed by atoms with E-state index in [1.165, 1.54) is 41.4 Å². The molecule has 1 N–H and O–H groups in total. The van der Waals surface area contributed by atoms with Crippen molar-refractivity contribution in [2.24, 2.45) is 5.92 Å². The summed E-state index contributed by atoms with van der Waals surface area (Å²) in [5.41, 5.74) is 1.40. The molecule has 0 aliphatic heterocycles. The second-order valence-corrected chi connectivity index (χ2v) is 5.65. The van der Waals surface area contributed by atoms with E-state index in [-0.39, 0.29) is 0 Å². The zero-order chi connectivity index (χ0) is 10.5. The maximum absolute atomic E-state index is 3.56. The van der Waals surface area contributed by atoms with Crippen molar-refractivity contribution in [3.05, 3.63) is 33.4 Å². The summed E-state index contributed by atoms with van der Waals surface area (Å²) in [6, 6.07) is 8.77. The van der Waals surface area contributed by atoms with Crippen LogP contribution in [-0.2, 0) is 6.54 Å².